The molecular formula is C14H25N3OS. The molecule has 2 unspecified atom stereocenters. The van der Waals surface area contributed by atoms with Gasteiger partial charge in [0.05, 0.1) is 17.2 Å². The summed E-state index contributed by atoms with van der Waals surface area (Å²) in [7, 11) is 2.17. The number of rotatable bonds is 4. The van der Waals surface area contributed by atoms with E-state index in [1.54, 1.807) is 11.3 Å². The van der Waals surface area contributed by atoms with Gasteiger partial charge >= 0.3 is 0 Å². The summed E-state index contributed by atoms with van der Waals surface area (Å²) in [5.41, 5.74) is 1.09. The minimum absolute atomic E-state index is 0.111. The van der Waals surface area contributed by atoms with Crippen LogP contribution in [0.4, 0.5) is 5.13 Å². The molecule has 2 rings (SSSR count). The van der Waals surface area contributed by atoms with Gasteiger partial charge in [0.2, 0.25) is 0 Å². The van der Waals surface area contributed by atoms with E-state index in [4.69, 9.17) is 4.98 Å². The molecule has 5 heteroatoms. The standard InChI is InChI=1S/C14H25N3OS/c1-5-10(2)13-12(9-18)19-14(15-13)17-7-6-16(4)8-11(17)3/h10-11,18H,5-9H2,1-4H3. The van der Waals surface area contributed by atoms with Crippen LogP contribution in [0.3, 0.4) is 0 Å². The summed E-state index contributed by atoms with van der Waals surface area (Å²) in [6.07, 6.45) is 1.06. The van der Waals surface area contributed by atoms with Gasteiger partial charge < -0.3 is 14.9 Å². The van der Waals surface area contributed by atoms with E-state index in [2.05, 4.69) is 37.6 Å². The number of aliphatic hydroxyl groups is 1. The molecule has 0 radical (unpaired) electrons. The zero-order valence-corrected chi connectivity index (χ0v) is 13.2. The van der Waals surface area contributed by atoms with E-state index in [9.17, 15) is 5.11 Å². The van der Waals surface area contributed by atoms with E-state index in [1.165, 1.54) is 0 Å². The van der Waals surface area contributed by atoms with Gasteiger partial charge in [-0.25, -0.2) is 4.98 Å². The Morgan fingerprint density at radius 2 is 2.21 bits per heavy atom. The highest BCUT2D eigenvalue weighted by atomic mass is 32.1. The second kappa shape index (κ2) is 6.20. The van der Waals surface area contributed by atoms with E-state index in [0.29, 0.717) is 12.0 Å². The molecule has 1 aliphatic rings. The number of aliphatic hydroxyl groups excluding tert-OH is 1. The van der Waals surface area contributed by atoms with E-state index in [0.717, 1.165) is 41.8 Å². The Morgan fingerprint density at radius 1 is 1.47 bits per heavy atom. The second-order valence-corrected chi connectivity index (χ2v) is 6.64. The van der Waals surface area contributed by atoms with Gasteiger partial charge in [-0.3, -0.25) is 0 Å². The lowest BCUT2D eigenvalue weighted by atomic mass is 10.0. The van der Waals surface area contributed by atoms with E-state index in [-0.39, 0.29) is 6.61 Å². The van der Waals surface area contributed by atoms with Crippen LogP contribution in [0.1, 0.15) is 43.7 Å². The largest absolute Gasteiger partial charge is 0.391 e. The molecule has 0 saturated carbocycles. The lowest BCUT2D eigenvalue weighted by Crippen LogP contribution is -2.50. The van der Waals surface area contributed by atoms with E-state index in [1.807, 2.05) is 0 Å². The highest BCUT2D eigenvalue weighted by Gasteiger charge is 2.26. The normalized spacial score (nSPS) is 22.8. The summed E-state index contributed by atoms with van der Waals surface area (Å²) in [4.78, 5) is 10.6. The fourth-order valence-corrected chi connectivity index (χ4v) is 3.76. The predicted octanol–water partition coefficient (Wildman–Crippen LogP) is 2.29. The molecular weight excluding hydrogens is 258 g/mol. The molecule has 0 amide bonds. The van der Waals surface area contributed by atoms with Crippen molar-refractivity contribution in [2.75, 3.05) is 31.6 Å². The Kier molecular flexibility index (Phi) is 4.81. The Bertz CT molecular complexity index is 421. The summed E-state index contributed by atoms with van der Waals surface area (Å²) in [5, 5.41) is 10.6. The number of aromatic nitrogens is 1. The molecule has 19 heavy (non-hydrogen) atoms. The van der Waals surface area contributed by atoms with Crippen molar-refractivity contribution < 1.29 is 5.11 Å². The summed E-state index contributed by atoms with van der Waals surface area (Å²) in [6, 6.07) is 0.487. The smallest absolute Gasteiger partial charge is 0.186 e. The van der Waals surface area contributed by atoms with Gasteiger partial charge in [0, 0.05) is 25.7 Å². The monoisotopic (exact) mass is 283 g/mol. The average molecular weight is 283 g/mol. The third-order valence-electron chi connectivity index (χ3n) is 4.02. The molecule has 1 aromatic rings. The maximum absolute atomic E-state index is 9.53. The number of thiazole rings is 1. The van der Waals surface area contributed by atoms with Crippen LogP contribution in [0.5, 0.6) is 0 Å². The van der Waals surface area contributed by atoms with Crippen molar-refractivity contribution in [1.29, 1.82) is 0 Å². The zero-order chi connectivity index (χ0) is 14.0. The second-order valence-electron chi connectivity index (χ2n) is 5.58. The Labute approximate surface area is 120 Å². The molecule has 1 N–H and O–H groups in total. The van der Waals surface area contributed by atoms with Crippen molar-refractivity contribution >= 4 is 16.5 Å². The SMILES string of the molecule is CCC(C)c1nc(N2CCN(C)CC2C)sc1CO. The minimum Gasteiger partial charge on any atom is -0.391 e. The van der Waals surface area contributed by atoms with Gasteiger partial charge in [-0.05, 0) is 26.3 Å². The highest BCUT2D eigenvalue weighted by Crippen LogP contribution is 2.33. The number of piperazine rings is 1. The zero-order valence-electron chi connectivity index (χ0n) is 12.4. The average Bonchev–Trinajstić information content (AvgIpc) is 2.81. The highest BCUT2D eigenvalue weighted by molar-refractivity contribution is 7.15. The third-order valence-corrected chi connectivity index (χ3v) is 5.11. The summed E-state index contributed by atoms with van der Waals surface area (Å²) in [6.45, 7) is 9.90. The van der Waals surface area contributed by atoms with Crippen LogP contribution in [-0.4, -0.2) is 47.7 Å². The van der Waals surface area contributed by atoms with Crippen LogP contribution < -0.4 is 4.90 Å². The number of hydrogen-bond donors (Lipinski definition) is 1. The fraction of sp³-hybridized carbons (Fsp3) is 0.786. The molecule has 0 aliphatic carbocycles. The molecule has 1 aromatic heterocycles. The van der Waals surface area contributed by atoms with Gasteiger partial charge in [0.25, 0.3) is 0 Å². The van der Waals surface area contributed by atoms with Crippen molar-refractivity contribution in [3.63, 3.8) is 0 Å². The number of hydrogen-bond acceptors (Lipinski definition) is 5. The molecule has 0 aromatic carbocycles. The van der Waals surface area contributed by atoms with Crippen LogP contribution in [-0.2, 0) is 6.61 Å². The van der Waals surface area contributed by atoms with Crippen LogP contribution in [0.25, 0.3) is 0 Å². The Morgan fingerprint density at radius 3 is 2.79 bits per heavy atom. The molecule has 1 fully saturated rings. The first-order valence-electron chi connectivity index (χ1n) is 7.12. The predicted molar refractivity (Wildman–Crippen MR) is 81.0 cm³/mol. The first-order valence-corrected chi connectivity index (χ1v) is 7.94. The van der Waals surface area contributed by atoms with Crippen molar-refractivity contribution in [2.45, 2.75) is 45.8 Å². The van der Waals surface area contributed by atoms with Gasteiger partial charge in [-0.2, -0.15) is 0 Å². The van der Waals surface area contributed by atoms with Crippen LogP contribution in [0.15, 0.2) is 0 Å². The topological polar surface area (TPSA) is 39.6 Å². The molecule has 1 saturated heterocycles. The molecule has 0 bridgehead atoms. The third kappa shape index (κ3) is 3.09. The van der Waals surface area contributed by atoms with Crippen molar-refractivity contribution in [3.05, 3.63) is 10.6 Å². The Balaban J connectivity index is 2.23. The quantitative estimate of drug-likeness (QED) is 0.920. The molecule has 108 valence electrons. The molecule has 0 spiro atoms. The van der Waals surface area contributed by atoms with Gasteiger partial charge in [0.1, 0.15) is 0 Å². The van der Waals surface area contributed by atoms with Crippen LogP contribution in [0.2, 0.25) is 0 Å². The summed E-state index contributed by atoms with van der Waals surface area (Å²) in [5.74, 6) is 0.426. The summed E-state index contributed by atoms with van der Waals surface area (Å²) >= 11 is 1.66. The fourth-order valence-electron chi connectivity index (χ4n) is 2.59. The molecule has 2 heterocycles. The Hall–Kier alpha value is -0.650. The van der Waals surface area contributed by atoms with E-state index >= 15 is 0 Å². The first kappa shape index (κ1) is 14.8. The van der Waals surface area contributed by atoms with Gasteiger partial charge in [-0.15, -0.1) is 0 Å². The summed E-state index contributed by atoms with van der Waals surface area (Å²) < 4.78 is 0. The molecule has 4 nitrogen and oxygen atoms in total. The van der Waals surface area contributed by atoms with Crippen molar-refractivity contribution in [2.24, 2.45) is 0 Å². The molecule has 1 aliphatic heterocycles. The first-order chi connectivity index (χ1) is 9.06. The molecule has 2 atom stereocenters. The van der Waals surface area contributed by atoms with Crippen molar-refractivity contribution in [1.82, 2.24) is 9.88 Å². The maximum Gasteiger partial charge on any atom is 0.186 e. The van der Waals surface area contributed by atoms with Crippen LogP contribution >= 0.6 is 11.3 Å². The number of anilines is 1. The maximum atomic E-state index is 9.53. The van der Waals surface area contributed by atoms with Crippen molar-refractivity contribution in [3.8, 4) is 0 Å². The van der Waals surface area contributed by atoms with E-state index < -0.39 is 0 Å². The van der Waals surface area contributed by atoms with Gasteiger partial charge in [0.15, 0.2) is 5.13 Å². The van der Waals surface area contributed by atoms with Gasteiger partial charge in [-0.1, -0.05) is 25.2 Å². The number of nitrogens with zero attached hydrogens (tertiary/aromatic N) is 3. The van der Waals surface area contributed by atoms with Crippen LogP contribution in [0, 0.1) is 0 Å². The lowest BCUT2D eigenvalue weighted by molar-refractivity contribution is 0.275. The minimum atomic E-state index is 0.111. The number of likely N-dealkylation sites (N-methyl/N-ethyl adjacent to an activating group) is 1. The lowest BCUT2D eigenvalue weighted by Gasteiger charge is -2.38.